The molecule has 114 valence electrons. The number of hydrogen-bond acceptors (Lipinski definition) is 3. The molecule has 1 unspecified atom stereocenters. The molecular formula is C16H32O3. The van der Waals surface area contributed by atoms with E-state index in [1.54, 1.807) is 7.11 Å². The van der Waals surface area contributed by atoms with Gasteiger partial charge in [-0.1, -0.05) is 58.3 Å². The van der Waals surface area contributed by atoms with E-state index in [0.29, 0.717) is 13.0 Å². The first-order valence-electron chi connectivity index (χ1n) is 7.89. The first-order valence-corrected chi connectivity index (χ1v) is 7.89. The van der Waals surface area contributed by atoms with Gasteiger partial charge in [0.05, 0.1) is 6.61 Å². The summed E-state index contributed by atoms with van der Waals surface area (Å²) in [4.78, 5) is 11.5. The van der Waals surface area contributed by atoms with E-state index in [1.165, 1.54) is 44.9 Å². The molecule has 1 atom stereocenters. The van der Waals surface area contributed by atoms with Gasteiger partial charge in [0, 0.05) is 13.5 Å². The van der Waals surface area contributed by atoms with Gasteiger partial charge in [0.2, 0.25) is 0 Å². The van der Waals surface area contributed by atoms with Crippen LogP contribution in [0.3, 0.4) is 0 Å². The zero-order valence-corrected chi connectivity index (χ0v) is 13.1. The number of esters is 1. The van der Waals surface area contributed by atoms with Gasteiger partial charge in [-0.2, -0.15) is 0 Å². The van der Waals surface area contributed by atoms with Crippen molar-refractivity contribution in [2.75, 3.05) is 13.7 Å². The van der Waals surface area contributed by atoms with Crippen molar-refractivity contribution in [3.63, 3.8) is 0 Å². The number of ether oxygens (including phenoxy) is 2. The molecule has 0 aromatic rings. The van der Waals surface area contributed by atoms with Crippen molar-refractivity contribution in [1.82, 2.24) is 0 Å². The van der Waals surface area contributed by atoms with Gasteiger partial charge in [0.25, 0.3) is 0 Å². The average Bonchev–Trinajstić information content (AvgIpc) is 2.37. The van der Waals surface area contributed by atoms with Crippen LogP contribution in [0.5, 0.6) is 0 Å². The largest absolute Gasteiger partial charge is 0.460 e. The lowest BCUT2D eigenvalue weighted by Crippen LogP contribution is -2.19. The number of carbonyl (C=O) groups is 1. The minimum atomic E-state index is -0.129. The predicted molar refractivity (Wildman–Crippen MR) is 79.3 cm³/mol. The highest BCUT2D eigenvalue weighted by molar-refractivity contribution is 5.69. The fourth-order valence-corrected chi connectivity index (χ4v) is 2.13. The minimum absolute atomic E-state index is 0.0903. The van der Waals surface area contributed by atoms with E-state index in [9.17, 15) is 4.79 Å². The Bertz CT molecular complexity index is 204. The monoisotopic (exact) mass is 272 g/mol. The predicted octanol–water partition coefficient (Wildman–Crippen LogP) is 4.49. The van der Waals surface area contributed by atoms with Crippen molar-refractivity contribution in [2.24, 2.45) is 0 Å². The van der Waals surface area contributed by atoms with E-state index in [2.05, 4.69) is 6.92 Å². The first-order chi connectivity index (χ1) is 9.20. The van der Waals surface area contributed by atoms with Crippen LogP contribution < -0.4 is 0 Å². The SMILES string of the molecule is CCCCCCCCCCCC(=O)OC(C)COC. The molecule has 0 radical (unpaired) electrons. The van der Waals surface area contributed by atoms with Gasteiger partial charge in [0.1, 0.15) is 6.10 Å². The Hall–Kier alpha value is -0.570. The summed E-state index contributed by atoms with van der Waals surface area (Å²) in [5, 5.41) is 0. The zero-order valence-electron chi connectivity index (χ0n) is 13.1. The van der Waals surface area contributed by atoms with Crippen molar-refractivity contribution < 1.29 is 14.3 Å². The average molecular weight is 272 g/mol. The quantitative estimate of drug-likeness (QED) is 0.366. The highest BCUT2D eigenvalue weighted by Gasteiger charge is 2.08. The van der Waals surface area contributed by atoms with E-state index >= 15 is 0 Å². The molecule has 0 aliphatic heterocycles. The van der Waals surface area contributed by atoms with E-state index in [4.69, 9.17) is 9.47 Å². The summed E-state index contributed by atoms with van der Waals surface area (Å²) in [5.74, 6) is -0.0903. The summed E-state index contributed by atoms with van der Waals surface area (Å²) in [6.07, 6.45) is 11.8. The van der Waals surface area contributed by atoms with Crippen LogP contribution in [0.15, 0.2) is 0 Å². The lowest BCUT2D eigenvalue weighted by Gasteiger charge is -2.11. The second kappa shape index (κ2) is 13.9. The lowest BCUT2D eigenvalue weighted by atomic mass is 10.1. The van der Waals surface area contributed by atoms with Gasteiger partial charge in [-0.3, -0.25) is 4.79 Å². The normalized spacial score (nSPS) is 12.4. The van der Waals surface area contributed by atoms with Crippen molar-refractivity contribution >= 4 is 5.97 Å². The molecule has 0 fully saturated rings. The van der Waals surface area contributed by atoms with Gasteiger partial charge < -0.3 is 9.47 Å². The van der Waals surface area contributed by atoms with Crippen molar-refractivity contribution in [1.29, 1.82) is 0 Å². The minimum Gasteiger partial charge on any atom is -0.460 e. The molecule has 0 aliphatic carbocycles. The Morgan fingerprint density at radius 1 is 0.947 bits per heavy atom. The molecule has 0 rings (SSSR count). The second-order valence-electron chi connectivity index (χ2n) is 5.33. The number of carbonyl (C=O) groups excluding carboxylic acids is 1. The molecule has 0 saturated carbocycles. The summed E-state index contributed by atoms with van der Waals surface area (Å²) in [5.41, 5.74) is 0. The molecule has 0 bridgehead atoms. The number of methoxy groups -OCH3 is 1. The van der Waals surface area contributed by atoms with Gasteiger partial charge in [0.15, 0.2) is 0 Å². The summed E-state index contributed by atoms with van der Waals surface area (Å²) in [6.45, 7) is 4.58. The number of rotatable bonds is 13. The third kappa shape index (κ3) is 13.7. The van der Waals surface area contributed by atoms with Gasteiger partial charge in [-0.25, -0.2) is 0 Å². The highest BCUT2D eigenvalue weighted by atomic mass is 16.6. The zero-order chi connectivity index (χ0) is 14.3. The molecule has 0 aliphatic rings. The molecule has 0 N–H and O–H groups in total. The Balaban J connectivity index is 3.23. The Morgan fingerprint density at radius 3 is 2.00 bits per heavy atom. The van der Waals surface area contributed by atoms with Gasteiger partial charge in [-0.15, -0.1) is 0 Å². The number of unbranched alkanes of at least 4 members (excludes halogenated alkanes) is 8. The Labute approximate surface area is 119 Å². The molecule has 0 aromatic heterocycles. The third-order valence-electron chi connectivity index (χ3n) is 3.22. The van der Waals surface area contributed by atoms with Crippen LogP contribution in [0, 0.1) is 0 Å². The summed E-state index contributed by atoms with van der Waals surface area (Å²) < 4.78 is 10.1. The topological polar surface area (TPSA) is 35.5 Å². The van der Waals surface area contributed by atoms with E-state index in [0.717, 1.165) is 12.8 Å². The molecule has 3 nitrogen and oxygen atoms in total. The van der Waals surface area contributed by atoms with Crippen molar-refractivity contribution in [2.45, 2.75) is 84.2 Å². The molecular weight excluding hydrogens is 240 g/mol. The Morgan fingerprint density at radius 2 is 1.47 bits per heavy atom. The van der Waals surface area contributed by atoms with Crippen LogP contribution in [0.25, 0.3) is 0 Å². The molecule has 19 heavy (non-hydrogen) atoms. The lowest BCUT2D eigenvalue weighted by molar-refractivity contribution is -0.150. The highest BCUT2D eigenvalue weighted by Crippen LogP contribution is 2.11. The van der Waals surface area contributed by atoms with Crippen LogP contribution in [0.2, 0.25) is 0 Å². The van der Waals surface area contributed by atoms with Crippen LogP contribution in [-0.4, -0.2) is 25.8 Å². The van der Waals surface area contributed by atoms with Gasteiger partial charge in [-0.05, 0) is 13.3 Å². The van der Waals surface area contributed by atoms with Crippen LogP contribution >= 0.6 is 0 Å². The Kier molecular flexibility index (Phi) is 13.4. The maximum absolute atomic E-state index is 11.5. The molecule has 0 amide bonds. The van der Waals surface area contributed by atoms with Crippen LogP contribution in [0.1, 0.15) is 78.1 Å². The smallest absolute Gasteiger partial charge is 0.306 e. The second-order valence-corrected chi connectivity index (χ2v) is 5.33. The van der Waals surface area contributed by atoms with E-state index in [1.807, 2.05) is 6.92 Å². The standard InChI is InChI=1S/C16H32O3/c1-4-5-6-7-8-9-10-11-12-13-16(17)19-15(2)14-18-3/h15H,4-14H2,1-3H3. The maximum Gasteiger partial charge on any atom is 0.306 e. The molecule has 0 spiro atoms. The van der Waals surface area contributed by atoms with Crippen molar-refractivity contribution in [3.05, 3.63) is 0 Å². The van der Waals surface area contributed by atoms with E-state index in [-0.39, 0.29) is 12.1 Å². The molecule has 0 aromatic carbocycles. The first kappa shape index (κ1) is 18.4. The number of hydrogen-bond donors (Lipinski definition) is 0. The summed E-state index contributed by atoms with van der Waals surface area (Å²) in [6, 6.07) is 0. The van der Waals surface area contributed by atoms with E-state index < -0.39 is 0 Å². The molecule has 3 heteroatoms. The fourth-order valence-electron chi connectivity index (χ4n) is 2.13. The van der Waals surface area contributed by atoms with Crippen LogP contribution in [-0.2, 0) is 14.3 Å². The molecule has 0 heterocycles. The maximum atomic E-state index is 11.5. The molecule has 0 saturated heterocycles. The van der Waals surface area contributed by atoms with Gasteiger partial charge >= 0.3 is 5.97 Å². The van der Waals surface area contributed by atoms with Crippen molar-refractivity contribution in [3.8, 4) is 0 Å². The third-order valence-corrected chi connectivity index (χ3v) is 3.22. The fraction of sp³-hybridized carbons (Fsp3) is 0.938. The van der Waals surface area contributed by atoms with Crippen LogP contribution in [0.4, 0.5) is 0 Å². The summed E-state index contributed by atoms with van der Waals surface area (Å²) >= 11 is 0. The summed E-state index contributed by atoms with van der Waals surface area (Å²) in [7, 11) is 1.62.